The average molecular weight is 353 g/mol. The number of hydrogen-bond acceptors (Lipinski definition) is 6. The van der Waals surface area contributed by atoms with E-state index in [-0.39, 0.29) is 17.6 Å². The number of para-hydroxylation sites is 1. The van der Waals surface area contributed by atoms with Crippen LogP contribution in [0.4, 0.5) is 5.69 Å². The Morgan fingerprint density at radius 2 is 2.04 bits per heavy atom. The first-order valence-corrected chi connectivity index (χ1v) is 8.47. The number of pyridine rings is 1. The summed E-state index contributed by atoms with van der Waals surface area (Å²) in [6, 6.07) is 12.8. The van der Waals surface area contributed by atoms with Gasteiger partial charge < -0.3 is 4.74 Å². The molecule has 2 heterocycles. The van der Waals surface area contributed by atoms with Crippen LogP contribution in [0.1, 0.15) is 5.56 Å². The van der Waals surface area contributed by atoms with Crippen molar-refractivity contribution in [3.63, 3.8) is 0 Å². The number of carbonyl (C=O) groups is 2. The van der Waals surface area contributed by atoms with Crippen molar-refractivity contribution in [1.29, 1.82) is 0 Å². The Kier molecular flexibility index (Phi) is 5.25. The fraction of sp³-hybridized carbons (Fsp3) is 0.111. The molecule has 0 aliphatic carbocycles. The number of amides is 1. The summed E-state index contributed by atoms with van der Waals surface area (Å²) in [5.74, 6) is -0.549. The fourth-order valence-corrected chi connectivity index (χ4v) is 3.04. The lowest BCUT2D eigenvalue weighted by Gasteiger charge is -2.17. The van der Waals surface area contributed by atoms with E-state index < -0.39 is 0 Å². The Bertz CT molecular complexity index is 835. The lowest BCUT2D eigenvalue weighted by Crippen LogP contribution is -2.30. The quantitative estimate of drug-likeness (QED) is 0.624. The van der Waals surface area contributed by atoms with Crippen molar-refractivity contribution >= 4 is 40.6 Å². The molecule has 6 nitrogen and oxygen atoms in total. The van der Waals surface area contributed by atoms with Crippen LogP contribution in [0.5, 0.6) is 0 Å². The van der Waals surface area contributed by atoms with E-state index in [1.165, 1.54) is 12.0 Å². The van der Waals surface area contributed by atoms with Gasteiger partial charge in [-0.15, -0.1) is 0 Å². The molecule has 0 unspecified atom stereocenters. The Morgan fingerprint density at radius 1 is 1.24 bits per heavy atom. The molecule has 0 bridgehead atoms. The molecule has 3 rings (SSSR count). The minimum absolute atomic E-state index is 0.0755. The second-order valence-corrected chi connectivity index (χ2v) is 5.99. The zero-order valence-corrected chi connectivity index (χ0v) is 14.3. The van der Waals surface area contributed by atoms with Gasteiger partial charge in [-0.05, 0) is 29.8 Å². The van der Waals surface area contributed by atoms with Crippen molar-refractivity contribution in [2.45, 2.75) is 0 Å². The molecule has 0 saturated heterocycles. The van der Waals surface area contributed by atoms with Gasteiger partial charge in [0.15, 0.2) is 5.17 Å². The molecule has 0 fully saturated rings. The second kappa shape index (κ2) is 7.76. The number of amidine groups is 1. The van der Waals surface area contributed by atoms with Gasteiger partial charge in [0.2, 0.25) is 0 Å². The minimum Gasteiger partial charge on any atom is -0.468 e. The summed E-state index contributed by atoms with van der Waals surface area (Å²) in [7, 11) is 1.33. The molecule has 0 N–H and O–H groups in total. The third kappa shape index (κ3) is 3.95. The van der Waals surface area contributed by atoms with Gasteiger partial charge in [-0.25, -0.2) is 4.99 Å². The Morgan fingerprint density at radius 3 is 2.72 bits per heavy atom. The molecule has 1 aromatic heterocycles. The molecule has 1 aliphatic heterocycles. The molecular weight excluding hydrogens is 338 g/mol. The maximum atomic E-state index is 12.8. The van der Waals surface area contributed by atoms with Gasteiger partial charge in [-0.2, -0.15) is 0 Å². The van der Waals surface area contributed by atoms with Gasteiger partial charge in [0, 0.05) is 12.4 Å². The Labute approximate surface area is 149 Å². The summed E-state index contributed by atoms with van der Waals surface area (Å²) < 4.78 is 4.66. The molecule has 126 valence electrons. The van der Waals surface area contributed by atoms with Gasteiger partial charge in [0.1, 0.15) is 5.70 Å². The van der Waals surface area contributed by atoms with Crippen LogP contribution in [0.25, 0.3) is 6.08 Å². The van der Waals surface area contributed by atoms with E-state index in [2.05, 4.69) is 14.7 Å². The first kappa shape index (κ1) is 16.9. The average Bonchev–Trinajstić information content (AvgIpc) is 2.96. The number of nitrogens with zero attached hydrogens (tertiary/aromatic N) is 3. The normalized spacial score (nSPS) is 15.4. The van der Waals surface area contributed by atoms with Gasteiger partial charge >= 0.3 is 5.97 Å². The number of methoxy groups -OCH3 is 1. The van der Waals surface area contributed by atoms with E-state index in [1.807, 2.05) is 36.4 Å². The van der Waals surface area contributed by atoms with Crippen molar-refractivity contribution in [1.82, 2.24) is 4.98 Å². The number of aliphatic imine (C=N–C) groups is 1. The first-order valence-electron chi connectivity index (χ1n) is 7.48. The number of esters is 1. The maximum Gasteiger partial charge on any atom is 0.316 e. The van der Waals surface area contributed by atoms with Crippen LogP contribution in [0.2, 0.25) is 0 Å². The SMILES string of the molecule is COC(=O)CSC1=N/C(=C/c2cccnc2)C(=O)N1c1ccccc1. The minimum atomic E-state index is -0.377. The monoisotopic (exact) mass is 353 g/mol. The van der Waals surface area contributed by atoms with Crippen LogP contribution in [0.3, 0.4) is 0 Å². The summed E-state index contributed by atoms with van der Waals surface area (Å²) in [5.41, 5.74) is 1.77. The number of aromatic nitrogens is 1. The lowest BCUT2D eigenvalue weighted by molar-refractivity contribution is -0.137. The summed E-state index contributed by atoms with van der Waals surface area (Å²) in [6.45, 7) is 0. The molecule has 1 amide bonds. The van der Waals surface area contributed by atoms with Crippen LogP contribution in [-0.4, -0.2) is 34.9 Å². The lowest BCUT2D eigenvalue weighted by atomic mass is 10.2. The van der Waals surface area contributed by atoms with Crippen LogP contribution >= 0.6 is 11.8 Å². The van der Waals surface area contributed by atoms with Crippen LogP contribution in [0, 0.1) is 0 Å². The Hall–Kier alpha value is -2.93. The van der Waals surface area contributed by atoms with E-state index in [1.54, 1.807) is 24.5 Å². The smallest absolute Gasteiger partial charge is 0.316 e. The number of thioether (sulfide) groups is 1. The molecule has 1 aromatic carbocycles. The summed E-state index contributed by atoms with van der Waals surface area (Å²) in [4.78, 5) is 34.2. The highest BCUT2D eigenvalue weighted by Gasteiger charge is 2.32. The second-order valence-electron chi connectivity index (χ2n) is 5.05. The van der Waals surface area contributed by atoms with Crippen molar-refractivity contribution in [3.05, 3.63) is 66.1 Å². The van der Waals surface area contributed by atoms with Crippen LogP contribution in [0.15, 0.2) is 65.5 Å². The number of ether oxygens (including phenoxy) is 1. The number of anilines is 1. The first-order chi connectivity index (χ1) is 12.2. The molecule has 1 aliphatic rings. The number of benzene rings is 1. The molecule has 25 heavy (non-hydrogen) atoms. The van der Waals surface area contributed by atoms with E-state index in [0.29, 0.717) is 16.6 Å². The summed E-state index contributed by atoms with van der Waals surface area (Å²) in [5, 5.41) is 0.441. The van der Waals surface area contributed by atoms with Gasteiger partial charge in [-0.3, -0.25) is 19.5 Å². The largest absolute Gasteiger partial charge is 0.468 e. The Balaban J connectivity index is 1.93. The zero-order chi connectivity index (χ0) is 17.6. The number of carbonyl (C=O) groups excluding carboxylic acids is 2. The van der Waals surface area contributed by atoms with Crippen LogP contribution < -0.4 is 4.90 Å². The highest BCUT2D eigenvalue weighted by atomic mass is 32.2. The highest BCUT2D eigenvalue weighted by Crippen LogP contribution is 2.29. The third-order valence-electron chi connectivity index (χ3n) is 3.38. The van der Waals surface area contributed by atoms with Crippen molar-refractivity contribution in [3.8, 4) is 0 Å². The van der Waals surface area contributed by atoms with Crippen molar-refractivity contribution < 1.29 is 14.3 Å². The topological polar surface area (TPSA) is 71.9 Å². The molecule has 2 aromatic rings. The molecule has 7 heteroatoms. The van der Waals surface area contributed by atoms with Gasteiger partial charge in [-0.1, -0.05) is 36.0 Å². The van der Waals surface area contributed by atoms with E-state index in [9.17, 15) is 9.59 Å². The zero-order valence-electron chi connectivity index (χ0n) is 13.5. The van der Waals surface area contributed by atoms with E-state index in [4.69, 9.17) is 0 Å². The van der Waals surface area contributed by atoms with E-state index in [0.717, 1.165) is 17.3 Å². The predicted octanol–water partition coefficient (Wildman–Crippen LogP) is 2.73. The maximum absolute atomic E-state index is 12.8. The standard InChI is InChI=1S/C18H15N3O3S/c1-24-16(22)12-25-18-20-15(10-13-6-5-9-19-11-13)17(23)21(18)14-7-3-2-4-8-14/h2-11H,12H2,1H3/b15-10+. The molecule has 0 spiro atoms. The van der Waals surface area contributed by atoms with Gasteiger partial charge in [0.05, 0.1) is 18.6 Å². The highest BCUT2D eigenvalue weighted by molar-refractivity contribution is 8.14. The molecule has 0 saturated carbocycles. The van der Waals surface area contributed by atoms with Crippen molar-refractivity contribution in [2.75, 3.05) is 17.8 Å². The molecule has 0 atom stereocenters. The fourth-order valence-electron chi connectivity index (χ4n) is 2.20. The van der Waals surface area contributed by atoms with Gasteiger partial charge in [0.25, 0.3) is 5.91 Å². The number of hydrogen-bond donors (Lipinski definition) is 0. The number of rotatable bonds is 4. The third-order valence-corrected chi connectivity index (χ3v) is 4.29. The summed E-state index contributed by atoms with van der Waals surface area (Å²) >= 11 is 1.16. The predicted molar refractivity (Wildman–Crippen MR) is 98.1 cm³/mol. The van der Waals surface area contributed by atoms with Crippen LogP contribution in [-0.2, 0) is 14.3 Å². The molecule has 0 radical (unpaired) electrons. The van der Waals surface area contributed by atoms with Crippen molar-refractivity contribution in [2.24, 2.45) is 4.99 Å². The molecular formula is C18H15N3O3S. The van der Waals surface area contributed by atoms with E-state index >= 15 is 0 Å². The summed E-state index contributed by atoms with van der Waals surface area (Å²) in [6.07, 6.45) is 4.99.